The third-order valence-electron chi connectivity index (χ3n) is 6.09. The largest absolute Gasteiger partial charge is 0.466 e. The van der Waals surface area contributed by atoms with Gasteiger partial charge in [0.2, 0.25) is 0 Å². The molecule has 0 heterocycles. The minimum Gasteiger partial charge on any atom is -0.466 e. The van der Waals surface area contributed by atoms with Gasteiger partial charge in [0.1, 0.15) is 0 Å². The fourth-order valence-electron chi connectivity index (χ4n) is 4.36. The van der Waals surface area contributed by atoms with Gasteiger partial charge < -0.3 is 10.1 Å². The van der Waals surface area contributed by atoms with Gasteiger partial charge in [-0.15, -0.1) is 0 Å². The minimum absolute atomic E-state index is 0.0201. The van der Waals surface area contributed by atoms with Crippen LogP contribution in [0.5, 0.6) is 0 Å². The summed E-state index contributed by atoms with van der Waals surface area (Å²) in [7, 11) is -3.80. The molecule has 0 saturated carbocycles. The summed E-state index contributed by atoms with van der Waals surface area (Å²) in [6, 6.07) is 22.6. The molecule has 0 aliphatic rings. The molecule has 3 aromatic rings. The Kier molecular flexibility index (Phi) is 9.66. The predicted octanol–water partition coefficient (Wildman–Crippen LogP) is 5.85. The standard InChI is InChI=1S/C28H32BrNO4S/c1-4-34-27(31)17-23(18-29)28(35(32,33)24-13-6-5-7-14-24)20(2)19-30-21(3)25-16-10-12-22-11-8-9-15-26(22)25/h5-16,21,23,28,30H,2,4,17-19H2,1,3H3/t21-,23-,28+/m0/s1. The zero-order valence-corrected chi connectivity index (χ0v) is 22.5. The van der Waals surface area contributed by atoms with Gasteiger partial charge in [-0.25, -0.2) is 8.42 Å². The van der Waals surface area contributed by atoms with Gasteiger partial charge in [0, 0.05) is 17.9 Å². The normalized spacial score (nSPS) is 14.3. The van der Waals surface area contributed by atoms with Crippen LogP contribution in [0, 0.1) is 5.92 Å². The first-order valence-corrected chi connectivity index (χ1v) is 14.4. The van der Waals surface area contributed by atoms with E-state index in [-0.39, 0.29) is 30.5 Å². The zero-order chi connectivity index (χ0) is 25.4. The third kappa shape index (κ3) is 6.60. The van der Waals surface area contributed by atoms with Gasteiger partial charge in [0.25, 0.3) is 0 Å². The number of carbonyl (C=O) groups excluding carboxylic acids is 1. The van der Waals surface area contributed by atoms with Crippen LogP contribution >= 0.6 is 15.9 Å². The number of nitrogens with one attached hydrogen (secondary N) is 1. The van der Waals surface area contributed by atoms with E-state index in [0.717, 1.165) is 16.3 Å². The van der Waals surface area contributed by atoms with Crippen molar-refractivity contribution in [3.63, 3.8) is 0 Å². The van der Waals surface area contributed by atoms with Gasteiger partial charge in [0.05, 0.1) is 23.2 Å². The summed E-state index contributed by atoms with van der Waals surface area (Å²) in [6.45, 7) is 8.50. The molecular weight excluding hydrogens is 526 g/mol. The summed E-state index contributed by atoms with van der Waals surface area (Å²) in [6.07, 6.45) is -0.0201. The van der Waals surface area contributed by atoms with Crippen molar-refractivity contribution in [2.24, 2.45) is 5.92 Å². The number of esters is 1. The fourth-order valence-corrected chi connectivity index (χ4v) is 7.26. The van der Waals surface area contributed by atoms with Crippen molar-refractivity contribution in [2.75, 3.05) is 18.5 Å². The van der Waals surface area contributed by atoms with E-state index in [1.54, 1.807) is 37.3 Å². The number of carbonyl (C=O) groups is 1. The summed E-state index contributed by atoms with van der Waals surface area (Å²) >= 11 is 3.44. The molecule has 7 heteroatoms. The first kappa shape index (κ1) is 27.1. The number of halogens is 1. The van der Waals surface area contributed by atoms with Crippen LogP contribution in [-0.2, 0) is 19.4 Å². The maximum Gasteiger partial charge on any atom is 0.306 e. The van der Waals surface area contributed by atoms with Crippen molar-refractivity contribution < 1.29 is 17.9 Å². The van der Waals surface area contributed by atoms with E-state index in [9.17, 15) is 13.2 Å². The van der Waals surface area contributed by atoms with E-state index in [2.05, 4.69) is 59.0 Å². The molecule has 35 heavy (non-hydrogen) atoms. The van der Waals surface area contributed by atoms with Gasteiger partial charge in [-0.3, -0.25) is 4.79 Å². The van der Waals surface area contributed by atoms with Crippen LogP contribution in [-0.4, -0.2) is 38.1 Å². The molecular formula is C28H32BrNO4S. The van der Waals surface area contributed by atoms with E-state index < -0.39 is 27.0 Å². The Morgan fingerprint density at radius 3 is 2.37 bits per heavy atom. The number of fused-ring (bicyclic) bond motifs is 1. The average Bonchev–Trinajstić information content (AvgIpc) is 2.87. The monoisotopic (exact) mass is 557 g/mol. The molecule has 3 aromatic carbocycles. The Bertz CT molecular complexity index is 1250. The van der Waals surface area contributed by atoms with E-state index in [4.69, 9.17) is 4.74 Å². The summed E-state index contributed by atoms with van der Waals surface area (Å²) < 4.78 is 32.6. The lowest BCUT2D eigenvalue weighted by Crippen LogP contribution is -2.38. The summed E-state index contributed by atoms with van der Waals surface area (Å²) in [5.74, 6) is -0.948. The molecule has 0 radical (unpaired) electrons. The Balaban J connectivity index is 1.87. The van der Waals surface area contributed by atoms with Crippen LogP contribution in [0.3, 0.4) is 0 Å². The van der Waals surface area contributed by atoms with E-state index >= 15 is 0 Å². The molecule has 0 spiro atoms. The molecule has 3 atom stereocenters. The second kappa shape index (κ2) is 12.5. The number of ether oxygens (including phenoxy) is 1. The van der Waals surface area contributed by atoms with Crippen molar-refractivity contribution in [3.8, 4) is 0 Å². The fraction of sp³-hybridized carbons (Fsp3) is 0.321. The molecule has 0 bridgehead atoms. The van der Waals surface area contributed by atoms with Gasteiger partial charge in [-0.05, 0) is 53.8 Å². The van der Waals surface area contributed by atoms with E-state index in [0.29, 0.717) is 10.9 Å². The molecule has 3 rings (SSSR count). The van der Waals surface area contributed by atoms with Crippen LogP contribution < -0.4 is 5.32 Å². The van der Waals surface area contributed by atoms with Crippen molar-refractivity contribution in [1.29, 1.82) is 0 Å². The number of alkyl halides is 1. The SMILES string of the molecule is C=C(CN[C@@H](C)c1cccc2ccccc12)[C@H]([C@H](CBr)CC(=O)OCC)S(=O)(=O)c1ccccc1. The van der Waals surface area contributed by atoms with Gasteiger partial charge >= 0.3 is 5.97 Å². The van der Waals surface area contributed by atoms with E-state index in [1.807, 2.05) is 18.2 Å². The maximum absolute atomic E-state index is 13.7. The maximum atomic E-state index is 13.7. The van der Waals surface area contributed by atoms with Crippen LogP contribution in [0.2, 0.25) is 0 Å². The minimum atomic E-state index is -3.80. The molecule has 5 nitrogen and oxygen atoms in total. The Labute approximate surface area is 216 Å². The zero-order valence-electron chi connectivity index (χ0n) is 20.1. The molecule has 1 N–H and O–H groups in total. The van der Waals surface area contributed by atoms with Gasteiger partial charge in [0.15, 0.2) is 9.84 Å². The molecule has 0 fully saturated rings. The second-order valence-corrected chi connectivity index (χ2v) is 11.2. The van der Waals surface area contributed by atoms with Crippen LogP contribution in [0.1, 0.15) is 31.9 Å². The highest BCUT2D eigenvalue weighted by molar-refractivity contribution is 9.09. The molecule has 0 unspecified atom stereocenters. The second-order valence-electron chi connectivity index (χ2n) is 8.53. The first-order valence-electron chi connectivity index (χ1n) is 11.7. The quantitative estimate of drug-likeness (QED) is 0.172. The summed E-state index contributed by atoms with van der Waals surface area (Å²) in [4.78, 5) is 12.5. The molecule has 0 aromatic heterocycles. The van der Waals surface area contributed by atoms with Crippen LogP contribution in [0.4, 0.5) is 0 Å². The first-order chi connectivity index (χ1) is 16.8. The number of hydrogen-bond acceptors (Lipinski definition) is 5. The highest BCUT2D eigenvalue weighted by Crippen LogP contribution is 2.31. The Morgan fingerprint density at radius 1 is 1.03 bits per heavy atom. The lowest BCUT2D eigenvalue weighted by molar-refractivity contribution is -0.144. The third-order valence-corrected chi connectivity index (χ3v) is 9.24. The topological polar surface area (TPSA) is 72.5 Å². The van der Waals surface area contributed by atoms with Crippen molar-refractivity contribution >= 4 is 42.5 Å². The van der Waals surface area contributed by atoms with Crippen molar-refractivity contribution in [1.82, 2.24) is 5.32 Å². The highest BCUT2D eigenvalue weighted by Gasteiger charge is 2.37. The van der Waals surface area contributed by atoms with Gasteiger partial charge in [-0.1, -0.05) is 83.2 Å². The average molecular weight is 559 g/mol. The highest BCUT2D eigenvalue weighted by atomic mass is 79.9. The number of rotatable bonds is 12. The Morgan fingerprint density at radius 2 is 1.69 bits per heavy atom. The molecule has 0 aliphatic heterocycles. The molecule has 0 amide bonds. The summed E-state index contributed by atoms with van der Waals surface area (Å²) in [5, 5.41) is 5.12. The number of benzene rings is 3. The predicted molar refractivity (Wildman–Crippen MR) is 145 cm³/mol. The van der Waals surface area contributed by atoms with Crippen molar-refractivity contribution in [2.45, 2.75) is 36.5 Å². The van der Waals surface area contributed by atoms with Crippen molar-refractivity contribution in [3.05, 3.63) is 90.5 Å². The lowest BCUT2D eigenvalue weighted by atomic mass is 9.96. The lowest BCUT2D eigenvalue weighted by Gasteiger charge is -2.28. The molecule has 0 saturated heterocycles. The number of sulfone groups is 1. The van der Waals surface area contributed by atoms with E-state index in [1.165, 1.54) is 0 Å². The van der Waals surface area contributed by atoms with Gasteiger partial charge in [-0.2, -0.15) is 0 Å². The Hall–Kier alpha value is -2.48. The summed E-state index contributed by atoms with van der Waals surface area (Å²) in [5.41, 5.74) is 1.64. The van der Waals surface area contributed by atoms with Crippen LogP contribution in [0.25, 0.3) is 10.8 Å². The van der Waals surface area contributed by atoms with Crippen LogP contribution in [0.15, 0.2) is 89.8 Å². The smallest absolute Gasteiger partial charge is 0.306 e. The number of hydrogen-bond donors (Lipinski definition) is 1. The molecule has 0 aliphatic carbocycles. The molecule has 186 valence electrons.